The van der Waals surface area contributed by atoms with E-state index < -0.39 is 0 Å². The van der Waals surface area contributed by atoms with Gasteiger partial charge in [-0.1, -0.05) is 12.1 Å². The van der Waals surface area contributed by atoms with E-state index in [2.05, 4.69) is 11.0 Å². The lowest BCUT2D eigenvalue weighted by atomic mass is 9.97. The Kier molecular flexibility index (Phi) is 3.99. The molecule has 5 nitrogen and oxygen atoms in total. The van der Waals surface area contributed by atoms with E-state index in [-0.39, 0.29) is 18.1 Å². The van der Waals surface area contributed by atoms with Crippen LogP contribution >= 0.6 is 0 Å². The molecule has 4 rings (SSSR count). The van der Waals surface area contributed by atoms with E-state index in [9.17, 15) is 4.79 Å². The molecular formula is C20H21NO4. The highest BCUT2D eigenvalue weighted by molar-refractivity contribution is 5.68. The maximum atomic E-state index is 11.8. The molecule has 0 aliphatic carbocycles. The molecule has 2 aromatic rings. The topological polar surface area (TPSA) is 48.0 Å². The van der Waals surface area contributed by atoms with Crippen molar-refractivity contribution >= 4 is 11.7 Å². The van der Waals surface area contributed by atoms with Gasteiger partial charge in [-0.25, -0.2) is 0 Å². The largest absolute Gasteiger partial charge is 0.497 e. The molecule has 2 atom stereocenters. The summed E-state index contributed by atoms with van der Waals surface area (Å²) in [7, 11) is 1.63. The van der Waals surface area contributed by atoms with Gasteiger partial charge < -0.3 is 19.1 Å². The lowest BCUT2D eigenvalue weighted by Crippen LogP contribution is -2.37. The zero-order valence-electron chi connectivity index (χ0n) is 14.4. The monoisotopic (exact) mass is 339 g/mol. The average Bonchev–Trinajstić information content (AvgIpc) is 3.08. The number of fused-ring (bicyclic) bond motifs is 4. The van der Waals surface area contributed by atoms with Gasteiger partial charge in [-0.05, 0) is 37.1 Å². The molecular weight excluding hydrogens is 318 g/mol. The molecule has 0 unspecified atom stereocenters. The number of carbonyl (C=O) groups excluding carboxylic acids is 1. The minimum Gasteiger partial charge on any atom is -0.497 e. The minimum atomic E-state index is -0.366. The Balaban J connectivity index is 1.89. The summed E-state index contributed by atoms with van der Waals surface area (Å²) in [5, 5.41) is 0. The fraction of sp³-hybridized carbons (Fsp3) is 0.350. The average molecular weight is 339 g/mol. The zero-order valence-corrected chi connectivity index (χ0v) is 14.4. The van der Waals surface area contributed by atoms with E-state index in [0.717, 1.165) is 36.4 Å². The Morgan fingerprint density at radius 2 is 2.04 bits per heavy atom. The van der Waals surface area contributed by atoms with Crippen LogP contribution in [0.3, 0.4) is 0 Å². The summed E-state index contributed by atoms with van der Waals surface area (Å²) in [5.74, 6) is 1.91. The van der Waals surface area contributed by atoms with Crippen LogP contribution in [0.15, 0.2) is 42.5 Å². The first-order valence-corrected chi connectivity index (χ1v) is 8.56. The number of rotatable bonds is 2. The summed E-state index contributed by atoms with van der Waals surface area (Å²) in [5.41, 5.74) is 1.91. The van der Waals surface area contributed by atoms with Crippen LogP contribution < -0.4 is 14.4 Å². The first-order valence-electron chi connectivity index (χ1n) is 8.56. The van der Waals surface area contributed by atoms with E-state index >= 15 is 0 Å². The summed E-state index contributed by atoms with van der Waals surface area (Å²) < 4.78 is 17.3. The van der Waals surface area contributed by atoms with E-state index in [4.69, 9.17) is 14.2 Å². The van der Waals surface area contributed by atoms with E-state index in [1.807, 2.05) is 36.4 Å². The van der Waals surface area contributed by atoms with Crippen molar-refractivity contribution in [1.82, 2.24) is 0 Å². The molecule has 0 amide bonds. The maximum Gasteiger partial charge on any atom is 0.303 e. The van der Waals surface area contributed by atoms with Crippen LogP contribution in [0.5, 0.6) is 17.2 Å². The van der Waals surface area contributed by atoms with Crippen molar-refractivity contribution < 1.29 is 19.0 Å². The number of nitrogens with zero attached hydrogens (tertiary/aromatic N) is 1. The van der Waals surface area contributed by atoms with E-state index in [1.54, 1.807) is 7.11 Å². The van der Waals surface area contributed by atoms with Gasteiger partial charge in [-0.15, -0.1) is 0 Å². The number of benzene rings is 2. The molecule has 2 aliphatic rings. The second-order valence-electron chi connectivity index (χ2n) is 6.41. The predicted molar refractivity (Wildman–Crippen MR) is 94.4 cm³/mol. The number of ether oxygens (including phenoxy) is 3. The first-order chi connectivity index (χ1) is 12.2. The lowest BCUT2D eigenvalue weighted by Gasteiger charge is -2.36. The summed E-state index contributed by atoms with van der Waals surface area (Å²) in [6.07, 6.45) is 1.66. The molecule has 1 saturated heterocycles. The Morgan fingerprint density at radius 1 is 1.20 bits per heavy atom. The Bertz CT molecular complexity index is 804. The Morgan fingerprint density at radius 3 is 2.84 bits per heavy atom. The summed E-state index contributed by atoms with van der Waals surface area (Å²) in [4.78, 5) is 14.1. The van der Waals surface area contributed by atoms with Gasteiger partial charge in [-0.3, -0.25) is 4.79 Å². The van der Waals surface area contributed by atoms with Crippen LogP contribution in [0.25, 0.3) is 0 Å². The van der Waals surface area contributed by atoms with Crippen LogP contribution in [0, 0.1) is 0 Å². The van der Waals surface area contributed by atoms with Gasteiger partial charge in [0.1, 0.15) is 11.5 Å². The van der Waals surface area contributed by atoms with Crippen molar-refractivity contribution in [2.24, 2.45) is 0 Å². The minimum absolute atomic E-state index is 0.0982. The molecule has 0 bridgehead atoms. The van der Waals surface area contributed by atoms with Crippen molar-refractivity contribution in [3.05, 3.63) is 48.0 Å². The van der Waals surface area contributed by atoms with Crippen LogP contribution in [-0.4, -0.2) is 25.7 Å². The van der Waals surface area contributed by atoms with E-state index in [1.165, 1.54) is 6.92 Å². The summed E-state index contributed by atoms with van der Waals surface area (Å²) >= 11 is 0. The summed E-state index contributed by atoms with van der Waals surface area (Å²) in [6.45, 7) is 2.38. The smallest absolute Gasteiger partial charge is 0.303 e. The highest BCUT2D eigenvalue weighted by atomic mass is 16.5. The third kappa shape index (κ3) is 2.80. The Labute approximate surface area is 147 Å². The number of para-hydroxylation sites is 2. The van der Waals surface area contributed by atoms with Crippen LogP contribution in [-0.2, 0) is 9.53 Å². The molecule has 0 saturated carbocycles. The molecule has 130 valence electrons. The molecule has 2 heterocycles. The molecule has 0 spiro atoms. The number of hydrogen-bond acceptors (Lipinski definition) is 5. The molecule has 1 fully saturated rings. The third-order valence-corrected chi connectivity index (χ3v) is 4.86. The standard InChI is InChI=1S/C20H21NO4/c1-13(22)24-20-15-10-9-14(23-2)12-19(15)25-18-8-4-3-6-16(18)21-11-5-7-17(20)21/h3-4,6,8-10,12,17,20H,5,7,11H2,1-2H3/t17-,20+/m0/s1. The van der Waals surface area contributed by atoms with Crippen LogP contribution in [0.1, 0.15) is 31.4 Å². The SMILES string of the molecule is COc1ccc2c(c1)Oc1ccccc1N1CCC[C@H]1[C@@H]2OC(C)=O. The first kappa shape index (κ1) is 15.8. The fourth-order valence-electron chi connectivity index (χ4n) is 3.80. The summed E-state index contributed by atoms with van der Waals surface area (Å²) in [6, 6.07) is 13.8. The van der Waals surface area contributed by atoms with Gasteiger partial charge in [-0.2, -0.15) is 0 Å². The molecule has 25 heavy (non-hydrogen) atoms. The number of carbonyl (C=O) groups is 1. The highest BCUT2D eigenvalue weighted by Crippen LogP contribution is 2.47. The van der Waals surface area contributed by atoms with Crippen molar-refractivity contribution in [1.29, 1.82) is 0 Å². The fourth-order valence-corrected chi connectivity index (χ4v) is 3.80. The lowest BCUT2D eigenvalue weighted by molar-refractivity contribution is -0.147. The van der Waals surface area contributed by atoms with Crippen LogP contribution in [0.2, 0.25) is 0 Å². The third-order valence-electron chi connectivity index (χ3n) is 4.86. The number of anilines is 1. The van der Waals surface area contributed by atoms with Crippen molar-refractivity contribution in [3.8, 4) is 17.2 Å². The van der Waals surface area contributed by atoms with Gasteiger partial charge in [0.15, 0.2) is 11.9 Å². The van der Waals surface area contributed by atoms with Gasteiger partial charge in [0.05, 0.1) is 18.8 Å². The molecule has 2 aromatic carbocycles. The van der Waals surface area contributed by atoms with Crippen LogP contribution in [0.4, 0.5) is 5.69 Å². The molecule has 0 N–H and O–H groups in total. The molecule has 0 radical (unpaired) electrons. The van der Waals surface area contributed by atoms with Gasteiger partial charge >= 0.3 is 5.97 Å². The maximum absolute atomic E-state index is 11.8. The molecule has 0 aromatic heterocycles. The van der Waals surface area contributed by atoms with E-state index in [0.29, 0.717) is 11.5 Å². The van der Waals surface area contributed by atoms with Gasteiger partial charge in [0.2, 0.25) is 0 Å². The normalized spacial score (nSPS) is 21.1. The second-order valence-corrected chi connectivity index (χ2v) is 6.41. The number of methoxy groups -OCH3 is 1. The van der Waals surface area contributed by atoms with Gasteiger partial charge in [0.25, 0.3) is 0 Å². The van der Waals surface area contributed by atoms with Crippen molar-refractivity contribution in [2.45, 2.75) is 31.9 Å². The number of hydrogen-bond donors (Lipinski definition) is 0. The predicted octanol–water partition coefficient (Wildman–Crippen LogP) is 4.07. The molecule has 5 heteroatoms. The van der Waals surface area contributed by atoms with Gasteiger partial charge in [0, 0.05) is 25.1 Å². The molecule has 2 aliphatic heterocycles. The number of esters is 1. The zero-order chi connectivity index (χ0) is 17.4. The Hall–Kier alpha value is -2.69. The van der Waals surface area contributed by atoms with Crippen molar-refractivity contribution in [2.75, 3.05) is 18.6 Å². The highest BCUT2D eigenvalue weighted by Gasteiger charge is 2.39. The quantitative estimate of drug-likeness (QED) is 0.772. The second kappa shape index (κ2) is 6.31. The van der Waals surface area contributed by atoms with Crippen molar-refractivity contribution in [3.63, 3.8) is 0 Å².